The van der Waals surface area contributed by atoms with E-state index in [1.54, 1.807) is 48.5 Å². The Hall–Kier alpha value is -1.68. The van der Waals surface area contributed by atoms with Gasteiger partial charge in [-0.3, -0.25) is 0 Å². The van der Waals surface area contributed by atoms with Gasteiger partial charge in [0.05, 0.1) is 39.1 Å². The van der Waals surface area contributed by atoms with E-state index in [0.29, 0.717) is 39.4 Å². The van der Waals surface area contributed by atoms with Gasteiger partial charge in [0.25, 0.3) is 0 Å². The first-order valence-electron chi connectivity index (χ1n) is 11.3. The molecule has 0 aliphatic carbocycles. The second-order valence-electron chi connectivity index (χ2n) is 8.90. The van der Waals surface area contributed by atoms with Gasteiger partial charge < -0.3 is 9.47 Å². The lowest BCUT2D eigenvalue weighted by Crippen LogP contribution is -2.20. The largest absolute Gasteiger partial charge is 0.420 e. The monoisotopic (exact) mass is 816 g/mol. The van der Waals surface area contributed by atoms with Crippen molar-refractivity contribution >= 4 is 98.9 Å². The minimum Gasteiger partial charge on any atom is -0.420 e. The second kappa shape index (κ2) is 12.5. The van der Waals surface area contributed by atoms with Crippen LogP contribution < -0.4 is 9.47 Å². The predicted molar refractivity (Wildman–Crippen MR) is 169 cm³/mol. The van der Waals surface area contributed by atoms with Gasteiger partial charge in [-0.25, -0.2) is 9.59 Å². The Morgan fingerprint density at radius 2 is 0.923 bits per heavy atom. The van der Waals surface area contributed by atoms with Crippen LogP contribution in [0.2, 0.25) is 10.0 Å². The van der Waals surface area contributed by atoms with Crippen molar-refractivity contribution in [3.63, 3.8) is 0 Å². The Balaban J connectivity index is 1.62. The van der Waals surface area contributed by atoms with Gasteiger partial charge in [0.1, 0.15) is 0 Å². The molecule has 0 aliphatic heterocycles. The molecule has 0 atom stereocenters. The summed E-state index contributed by atoms with van der Waals surface area (Å²) >= 11 is 26.5. The van der Waals surface area contributed by atoms with E-state index in [1.165, 1.54) is 0 Å². The topological polar surface area (TPSA) is 52.6 Å². The summed E-state index contributed by atoms with van der Waals surface area (Å²) in [6.07, 6.45) is 0. The zero-order chi connectivity index (χ0) is 28.5. The normalized spacial score (nSPS) is 11.3. The molecule has 4 nitrogen and oxygen atoms in total. The average Bonchev–Trinajstić information content (AvgIpc) is 2.88. The number of hydrogen-bond donors (Lipinski definition) is 0. The highest BCUT2D eigenvalue weighted by Gasteiger charge is 2.28. The van der Waals surface area contributed by atoms with Crippen LogP contribution in [-0.4, -0.2) is 11.9 Å². The maximum atomic E-state index is 12.7. The Morgan fingerprint density at radius 1 is 0.615 bits per heavy atom. The zero-order valence-corrected chi connectivity index (χ0v) is 28.2. The second-order valence-corrected chi connectivity index (χ2v) is 13.1. The molecule has 10 heteroatoms. The van der Waals surface area contributed by atoms with Gasteiger partial charge >= 0.3 is 11.9 Å². The quantitative estimate of drug-likeness (QED) is 0.144. The molecule has 200 valence electrons. The van der Waals surface area contributed by atoms with E-state index in [4.69, 9.17) is 32.7 Å². The van der Waals surface area contributed by atoms with Crippen LogP contribution in [0.25, 0.3) is 0 Å². The third-order valence-electron chi connectivity index (χ3n) is 6.02. The lowest BCUT2D eigenvalue weighted by molar-refractivity contribution is 0.0723. The number of halogens is 6. The van der Waals surface area contributed by atoms with E-state index < -0.39 is 17.4 Å². The van der Waals surface area contributed by atoms with Gasteiger partial charge in [0, 0.05) is 5.41 Å². The molecule has 39 heavy (non-hydrogen) atoms. The summed E-state index contributed by atoms with van der Waals surface area (Å²) in [7, 11) is 0. The third kappa shape index (κ3) is 6.63. The Labute approximate surface area is 269 Å². The van der Waals surface area contributed by atoms with Gasteiger partial charge in [0.2, 0.25) is 0 Å². The number of rotatable bonds is 6. The fraction of sp³-hybridized carbons (Fsp3) is 0.103. The van der Waals surface area contributed by atoms with E-state index in [-0.39, 0.29) is 11.1 Å². The molecule has 0 aliphatic rings. The van der Waals surface area contributed by atoms with Crippen LogP contribution in [0.5, 0.6) is 11.5 Å². The van der Waals surface area contributed by atoms with Crippen LogP contribution in [0.3, 0.4) is 0 Å². The lowest BCUT2D eigenvalue weighted by Gasteiger charge is -2.28. The highest BCUT2D eigenvalue weighted by Crippen LogP contribution is 2.44. The van der Waals surface area contributed by atoms with Crippen LogP contribution in [-0.2, 0) is 5.41 Å². The molecule has 0 unspecified atom stereocenters. The summed E-state index contributed by atoms with van der Waals surface area (Å²) in [6, 6.07) is 21.0. The molecule has 0 heterocycles. The molecule has 4 aromatic carbocycles. The lowest BCUT2D eigenvalue weighted by atomic mass is 9.78. The van der Waals surface area contributed by atoms with Gasteiger partial charge in [-0.1, -0.05) is 61.3 Å². The maximum Gasteiger partial charge on any atom is 0.345 e. The first kappa shape index (κ1) is 30.3. The fourth-order valence-corrected chi connectivity index (χ4v) is 6.87. The molecular weight excluding hydrogens is 803 g/mol. The summed E-state index contributed by atoms with van der Waals surface area (Å²) in [4.78, 5) is 25.5. The number of benzene rings is 4. The molecule has 0 saturated carbocycles. The Bertz CT molecular complexity index is 1440. The molecule has 4 aromatic rings. The van der Waals surface area contributed by atoms with E-state index in [1.807, 2.05) is 24.3 Å². The molecule has 0 saturated heterocycles. The predicted octanol–water partition coefficient (Wildman–Crippen LogP) is 10.8. The third-order valence-corrected chi connectivity index (χ3v) is 9.03. The number of esters is 2. The van der Waals surface area contributed by atoms with Gasteiger partial charge in [0.15, 0.2) is 11.5 Å². The standard InChI is InChI=1S/C29H18Br4Cl2O4/c1-29(2,15-11-19(30)25(20(31)12-15)38-27(36)17-7-3-5-9-23(17)34)16-13-21(32)26(22(33)14-16)39-28(37)18-8-4-6-10-24(18)35/h3-14H,1-2H3. The van der Waals surface area contributed by atoms with Crippen LogP contribution in [0, 0.1) is 0 Å². The number of carbonyl (C=O) groups excluding carboxylic acids is 2. The van der Waals surface area contributed by atoms with Crippen molar-refractivity contribution in [3.05, 3.63) is 123 Å². The van der Waals surface area contributed by atoms with Crippen molar-refractivity contribution in [2.45, 2.75) is 19.3 Å². The molecule has 0 amide bonds. The Morgan fingerprint density at radius 3 is 1.23 bits per heavy atom. The van der Waals surface area contributed by atoms with Gasteiger partial charge in [-0.2, -0.15) is 0 Å². The number of hydrogen-bond acceptors (Lipinski definition) is 4. The summed E-state index contributed by atoms with van der Waals surface area (Å²) in [5.74, 6) is -0.458. The van der Waals surface area contributed by atoms with E-state index >= 15 is 0 Å². The summed E-state index contributed by atoms with van der Waals surface area (Å²) in [5.41, 5.74) is 1.89. The Kier molecular flexibility index (Phi) is 9.67. The van der Waals surface area contributed by atoms with Crippen LogP contribution >= 0.6 is 86.9 Å². The first-order valence-corrected chi connectivity index (χ1v) is 15.3. The van der Waals surface area contributed by atoms with Crippen LogP contribution in [0.1, 0.15) is 45.7 Å². The maximum absolute atomic E-state index is 12.7. The minimum absolute atomic E-state index is 0.271. The average molecular weight is 821 g/mol. The van der Waals surface area contributed by atoms with Gasteiger partial charge in [-0.15, -0.1) is 0 Å². The SMILES string of the molecule is CC(C)(c1cc(Br)c(OC(=O)c2ccccc2Cl)c(Br)c1)c1cc(Br)c(OC(=O)c2ccccc2Cl)c(Br)c1. The molecule has 0 aromatic heterocycles. The van der Waals surface area contributed by atoms with E-state index in [2.05, 4.69) is 77.6 Å². The molecule has 0 radical (unpaired) electrons. The fourth-order valence-electron chi connectivity index (χ4n) is 3.75. The van der Waals surface area contributed by atoms with Crippen molar-refractivity contribution in [1.82, 2.24) is 0 Å². The highest BCUT2D eigenvalue weighted by atomic mass is 79.9. The molecule has 0 fully saturated rings. The molecule has 0 bridgehead atoms. The molecule has 0 N–H and O–H groups in total. The summed E-state index contributed by atoms with van der Waals surface area (Å²) in [6.45, 7) is 4.11. The van der Waals surface area contributed by atoms with Crippen molar-refractivity contribution in [1.29, 1.82) is 0 Å². The van der Waals surface area contributed by atoms with E-state index in [9.17, 15) is 9.59 Å². The van der Waals surface area contributed by atoms with E-state index in [0.717, 1.165) is 11.1 Å². The van der Waals surface area contributed by atoms with Crippen LogP contribution in [0.15, 0.2) is 90.7 Å². The van der Waals surface area contributed by atoms with Crippen molar-refractivity contribution in [2.24, 2.45) is 0 Å². The molecule has 0 spiro atoms. The van der Waals surface area contributed by atoms with Crippen LogP contribution in [0.4, 0.5) is 0 Å². The number of carbonyl (C=O) groups is 2. The van der Waals surface area contributed by atoms with Crippen molar-refractivity contribution in [3.8, 4) is 11.5 Å². The minimum atomic E-state index is -0.566. The smallest absolute Gasteiger partial charge is 0.345 e. The number of ether oxygens (including phenoxy) is 2. The van der Waals surface area contributed by atoms with Gasteiger partial charge in [-0.05, 0) is 123 Å². The molecular formula is C29H18Br4Cl2O4. The van der Waals surface area contributed by atoms with Crippen molar-refractivity contribution < 1.29 is 19.1 Å². The van der Waals surface area contributed by atoms with Crippen molar-refractivity contribution in [2.75, 3.05) is 0 Å². The zero-order valence-electron chi connectivity index (χ0n) is 20.3. The first-order chi connectivity index (χ1) is 18.4. The summed E-state index contributed by atoms with van der Waals surface area (Å²) < 4.78 is 13.7. The summed E-state index contributed by atoms with van der Waals surface area (Å²) in [5, 5.41) is 0.620. The molecule has 4 rings (SSSR count). The highest BCUT2D eigenvalue weighted by molar-refractivity contribution is 9.11.